The summed E-state index contributed by atoms with van der Waals surface area (Å²) in [5.41, 5.74) is -2.46. The first-order valence-corrected chi connectivity index (χ1v) is 9.36. The Morgan fingerprint density at radius 3 is 1.39 bits per heavy atom. The quantitative estimate of drug-likeness (QED) is 0.442. The molecule has 168 valence electrons. The monoisotopic (exact) mass is 486 g/mol. The molecule has 4 nitrogen and oxygen atoms in total. The number of carbonyl (C=O) groups excluding carboxylic acids is 2. The van der Waals surface area contributed by atoms with E-state index in [1.807, 2.05) is 0 Å². The first kappa shape index (κ1) is 24.8. The molecule has 0 unspecified atom stereocenters. The van der Waals surface area contributed by atoms with Crippen molar-refractivity contribution in [3.05, 3.63) is 57.6 Å². The van der Waals surface area contributed by atoms with E-state index in [2.05, 4.69) is 10.6 Å². The zero-order chi connectivity index (χ0) is 23.4. The molecule has 0 spiro atoms. The summed E-state index contributed by atoms with van der Waals surface area (Å²) >= 11 is 11.6. The summed E-state index contributed by atoms with van der Waals surface area (Å²) in [6.07, 6.45) is -9.74. The summed E-state index contributed by atoms with van der Waals surface area (Å²) in [5, 5.41) is 4.26. The smallest absolute Gasteiger partial charge is 0.325 e. The Labute approximate surface area is 182 Å². The molecule has 0 saturated carbocycles. The molecule has 0 atom stereocenters. The topological polar surface area (TPSA) is 58.2 Å². The predicted molar refractivity (Wildman–Crippen MR) is 104 cm³/mol. The van der Waals surface area contributed by atoms with Crippen LogP contribution in [0.4, 0.5) is 37.7 Å². The molecule has 2 amide bonds. The Hall–Kier alpha value is -2.46. The van der Waals surface area contributed by atoms with Crippen LogP contribution in [-0.2, 0) is 21.9 Å². The average Bonchev–Trinajstić information content (AvgIpc) is 2.63. The van der Waals surface area contributed by atoms with Crippen LogP contribution in [0.2, 0.25) is 10.0 Å². The summed E-state index contributed by atoms with van der Waals surface area (Å²) in [7, 11) is 0. The van der Waals surface area contributed by atoms with Gasteiger partial charge in [-0.05, 0) is 42.8 Å². The SMILES string of the molecule is O=C(CCCC(=O)Nc1cc(C(F)(F)F)ccc1Cl)Nc1cc(C(F)(F)F)ccc1Cl. The molecule has 2 aromatic rings. The standard InChI is InChI=1S/C19H14Cl2F6N2O2/c20-12-6-4-10(18(22,23)24)8-14(12)28-16(30)2-1-3-17(31)29-15-9-11(19(25,26)27)5-7-13(15)21/h4-9H,1-3H2,(H,28,30)(H,29,31). The van der Waals surface area contributed by atoms with Crippen molar-refractivity contribution in [3.63, 3.8) is 0 Å². The number of benzene rings is 2. The summed E-state index contributed by atoms with van der Waals surface area (Å²) in [6.45, 7) is 0. The molecule has 31 heavy (non-hydrogen) atoms. The van der Waals surface area contributed by atoms with E-state index in [4.69, 9.17) is 23.2 Å². The summed E-state index contributed by atoms with van der Waals surface area (Å²) < 4.78 is 76.5. The second-order valence-corrected chi connectivity index (χ2v) is 7.15. The van der Waals surface area contributed by atoms with Crippen LogP contribution in [0, 0.1) is 0 Å². The van der Waals surface area contributed by atoms with Gasteiger partial charge < -0.3 is 10.6 Å². The third kappa shape index (κ3) is 7.32. The minimum Gasteiger partial charge on any atom is -0.325 e. The molecule has 2 rings (SSSR count). The molecule has 12 heteroatoms. The minimum absolute atomic E-state index is 0.0230. The maximum atomic E-state index is 12.8. The van der Waals surface area contributed by atoms with Gasteiger partial charge in [0.05, 0.1) is 32.5 Å². The highest BCUT2D eigenvalue weighted by molar-refractivity contribution is 6.34. The Kier molecular flexibility index (Phi) is 7.82. The van der Waals surface area contributed by atoms with Crippen molar-refractivity contribution >= 4 is 46.4 Å². The molecule has 2 aromatic carbocycles. The zero-order valence-corrected chi connectivity index (χ0v) is 16.9. The molecule has 0 radical (unpaired) electrons. The van der Waals surface area contributed by atoms with E-state index in [9.17, 15) is 35.9 Å². The van der Waals surface area contributed by atoms with Gasteiger partial charge in [0.2, 0.25) is 11.8 Å². The van der Waals surface area contributed by atoms with Crippen molar-refractivity contribution < 1.29 is 35.9 Å². The van der Waals surface area contributed by atoms with Crippen LogP contribution < -0.4 is 10.6 Å². The number of amides is 2. The normalized spacial score (nSPS) is 11.9. The molecular weight excluding hydrogens is 473 g/mol. The van der Waals surface area contributed by atoms with Crippen molar-refractivity contribution in [2.75, 3.05) is 10.6 Å². The van der Waals surface area contributed by atoms with Gasteiger partial charge in [-0.2, -0.15) is 26.3 Å². The lowest BCUT2D eigenvalue weighted by Crippen LogP contribution is -2.16. The largest absolute Gasteiger partial charge is 0.416 e. The molecule has 0 fully saturated rings. The minimum atomic E-state index is -4.62. The first-order valence-electron chi connectivity index (χ1n) is 8.60. The van der Waals surface area contributed by atoms with Crippen LogP contribution in [0.25, 0.3) is 0 Å². The van der Waals surface area contributed by atoms with Crippen LogP contribution in [-0.4, -0.2) is 11.8 Å². The van der Waals surface area contributed by atoms with Crippen LogP contribution in [0.1, 0.15) is 30.4 Å². The van der Waals surface area contributed by atoms with Gasteiger partial charge >= 0.3 is 12.4 Å². The number of carbonyl (C=O) groups is 2. The van der Waals surface area contributed by atoms with E-state index in [-0.39, 0.29) is 40.7 Å². The predicted octanol–water partition coefficient (Wildman–Crippen LogP) is 6.78. The lowest BCUT2D eigenvalue weighted by atomic mass is 10.1. The number of nitrogens with one attached hydrogen (secondary N) is 2. The van der Waals surface area contributed by atoms with Crippen molar-refractivity contribution in [1.29, 1.82) is 0 Å². The molecule has 0 saturated heterocycles. The second-order valence-electron chi connectivity index (χ2n) is 6.33. The Morgan fingerprint density at radius 2 is 1.06 bits per heavy atom. The van der Waals surface area contributed by atoms with Crippen LogP contribution in [0.3, 0.4) is 0 Å². The fraction of sp³-hybridized carbons (Fsp3) is 0.263. The van der Waals surface area contributed by atoms with Gasteiger partial charge in [-0.25, -0.2) is 0 Å². The summed E-state index contributed by atoms with van der Waals surface area (Å²) in [4.78, 5) is 23.9. The van der Waals surface area contributed by atoms with Gasteiger partial charge in [-0.3, -0.25) is 9.59 Å². The Balaban J connectivity index is 1.90. The average molecular weight is 487 g/mol. The molecule has 0 aliphatic rings. The molecule has 0 bridgehead atoms. The third-order valence-electron chi connectivity index (χ3n) is 3.94. The van der Waals surface area contributed by atoms with Gasteiger partial charge in [0.15, 0.2) is 0 Å². The van der Waals surface area contributed by atoms with Crippen molar-refractivity contribution in [3.8, 4) is 0 Å². The molecule has 2 N–H and O–H groups in total. The van der Waals surface area contributed by atoms with Crippen LogP contribution in [0.15, 0.2) is 36.4 Å². The highest BCUT2D eigenvalue weighted by Gasteiger charge is 2.32. The van der Waals surface area contributed by atoms with E-state index >= 15 is 0 Å². The Morgan fingerprint density at radius 1 is 0.710 bits per heavy atom. The molecular formula is C19H14Cl2F6N2O2. The molecule has 0 aliphatic carbocycles. The summed E-state index contributed by atoms with van der Waals surface area (Å²) in [5.74, 6) is -1.38. The van der Waals surface area contributed by atoms with E-state index in [1.54, 1.807) is 0 Å². The van der Waals surface area contributed by atoms with E-state index in [0.29, 0.717) is 12.1 Å². The van der Waals surface area contributed by atoms with Gasteiger partial charge in [0, 0.05) is 12.8 Å². The maximum Gasteiger partial charge on any atom is 0.416 e. The molecule has 0 aliphatic heterocycles. The number of halogens is 8. The number of alkyl halides is 6. The van der Waals surface area contributed by atoms with Crippen LogP contribution in [0.5, 0.6) is 0 Å². The van der Waals surface area contributed by atoms with Gasteiger partial charge in [-0.1, -0.05) is 23.2 Å². The first-order chi connectivity index (χ1) is 14.3. The van der Waals surface area contributed by atoms with Gasteiger partial charge in [0.1, 0.15) is 0 Å². The molecule has 0 heterocycles. The lowest BCUT2D eigenvalue weighted by molar-refractivity contribution is -0.138. The number of hydrogen-bond acceptors (Lipinski definition) is 2. The lowest BCUT2D eigenvalue weighted by Gasteiger charge is -2.12. The number of rotatable bonds is 6. The highest BCUT2D eigenvalue weighted by Crippen LogP contribution is 2.35. The fourth-order valence-corrected chi connectivity index (χ4v) is 2.76. The van der Waals surface area contributed by atoms with E-state index in [0.717, 1.165) is 24.3 Å². The number of hydrogen-bond donors (Lipinski definition) is 2. The number of anilines is 2. The van der Waals surface area contributed by atoms with Crippen molar-refractivity contribution in [2.45, 2.75) is 31.6 Å². The highest BCUT2D eigenvalue weighted by atomic mass is 35.5. The second kappa shape index (κ2) is 9.78. The Bertz CT molecular complexity index is 899. The zero-order valence-electron chi connectivity index (χ0n) is 15.4. The van der Waals surface area contributed by atoms with Crippen molar-refractivity contribution in [1.82, 2.24) is 0 Å². The van der Waals surface area contributed by atoms with E-state index in [1.165, 1.54) is 0 Å². The summed E-state index contributed by atoms with van der Waals surface area (Å²) in [6, 6.07) is 4.88. The fourth-order valence-electron chi connectivity index (χ4n) is 2.43. The molecule has 0 aromatic heterocycles. The van der Waals surface area contributed by atoms with Crippen molar-refractivity contribution in [2.24, 2.45) is 0 Å². The van der Waals surface area contributed by atoms with E-state index < -0.39 is 35.3 Å². The van der Waals surface area contributed by atoms with Gasteiger partial charge in [-0.15, -0.1) is 0 Å². The van der Waals surface area contributed by atoms with Crippen LogP contribution >= 0.6 is 23.2 Å². The van der Waals surface area contributed by atoms with Gasteiger partial charge in [0.25, 0.3) is 0 Å². The third-order valence-corrected chi connectivity index (χ3v) is 4.60. The maximum absolute atomic E-state index is 12.8.